The molecule has 0 aliphatic carbocycles. The maximum absolute atomic E-state index is 11.9. The van der Waals surface area contributed by atoms with E-state index in [2.05, 4.69) is 0 Å². The van der Waals surface area contributed by atoms with Gasteiger partial charge in [0, 0.05) is 10.3 Å². The summed E-state index contributed by atoms with van der Waals surface area (Å²) in [7, 11) is -4.47. The minimum absolute atomic E-state index is 0.0942. The fraction of sp³-hybridized carbons (Fsp3) is 1.00. The molecule has 104 valence electrons. The van der Waals surface area contributed by atoms with Gasteiger partial charge in [-0.1, -0.05) is 55.4 Å². The summed E-state index contributed by atoms with van der Waals surface area (Å²) in [5, 5.41) is -0.282. The van der Waals surface area contributed by atoms with Crippen molar-refractivity contribution in [3.63, 3.8) is 0 Å². The van der Waals surface area contributed by atoms with Crippen molar-refractivity contribution in [2.45, 2.75) is 65.7 Å². The molecule has 0 aromatic carbocycles. The molecule has 0 amide bonds. The summed E-state index contributed by atoms with van der Waals surface area (Å²) >= 11 is 0. The average molecular weight is 282 g/mol. The highest BCUT2D eigenvalue weighted by atomic mass is 32.2. The molecule has 0 aromatic heterocycles. The molecule has 0 saturated carbocycles. The Labute approximate surface area is 108 Å². The van der Waals surface area contributed by atoms with Crippen LogP contribution in [0.5, 0.6) is 0 Å². The summed E-state index contributed by atoms with van der Waals surface area (Å²) in [4.78, 5) is 0. The van der Waals surface area contributed by atoms with E-state index >= 15 is 0 Å². The first kappa shape index (κ1) is 17.3. The Morgan fingerprint density at radius 1 is 1.00 bits per heavy atom. The summed E-state index contributed by atoms with van der Waals surface area (Å²) in [5.41, 5.74) is 0. The van der Waals surface area contributed by atoms with E-state index in [0.717, 1.165) is 0 Å². The number of rotatable bonds is 4. The predicted octanol–water partition coefficient (Wildman–Crippen LogP) is 3.98. The van der Waals surface area contributed by atoms with Crippen LogP contribution in [0.2, 0.25) is 0 Å². The molecule has 0 fully saturated rings. The molecule has 0 saturated heterocycles. The summed E-state index contributed by atoms with van der Waals surface area (Å²) in [6, 6.07) is 0. The zero-order valence-electron chi connectivity index (χ0n) is 12.4. The lowest BCUT2D eigenvalue weighted by Crippen LogP contribution is -2.28. The SMILES string of the molecule is CC(C)CS(=O)(=O)OP(C(C)(C)C)C(C)(C)C. The molecule has 0 N–H and O–H groups in total. The third-order valence-corrected chi connectivity index (χ3v) is 6.96. The van der Waals surface area contributed by atoms with Crippen molar-refractivity contribution < 1.29 is 12.4 Å². The van der Waals surface area contributed by atoms with E-state index in [1.165, 1.54) is 0 Å². The highest BCUT2D eigenvalue weighted by molar-refractivity contribution is 7.91. The minimum Gasteiger partial charge on any atom is -0.247 e. The van der Waals surface area contributed by atoms with E-state index in [-0.39, 0.29) is 22.0 Å². The molecule has 0 spiro atoms. The molecule has 0 rings (SSSR count). The third-order valence-electron chi connectivity index (χ3n) is 1.94. The van der Waals surface area contributed by atoms with Crippen LogP contribution in [0.25, 0.3) is 0 Å². The van der Waals surface area contributed by atoms with Crippen molar-refractivity contribution >= 4 is 18.3 Å². The van der Waals surface area contributed by atoms with Crippen LogP contribution in [0.4, 0.5) is 0 Å². The van der Waals surface area contributed by atoms with Crippen LogP contribution in [0.1, 0.15) is 55.4 Å². The molecule has 0 heterocycles. The zero-order valence-corrected chi connectivity index (χ0v) is 14.1. The standard InChI is InChI=1S/C12H27O3PS/c1-10(2)9-17(13,14)15-16(11(3,4)5)12(6,7)8/h10H,9H2,1-8H3. The first-order valence-corrected chi connectivity index (χ1v) is 8.82. The quantitative estimate of drug-likeness (QED) is 0.732. The fourth-order valence-corrected chi connectivity index (χ4v) is 7.55. The van der Waals surface area contributed by atoms with Gasteiger partial charge in [-0.15, -0.1) is 0 Å². The highest BCUT2D eigenvalue weighted by Crippen LogP contribution is 2.60. The van der Waals surface area contributed by atoms with E-state index in [4.69, 9.17) is 3.97 Å². The van der Waals surface area contributed by atoms with Crippen LogP contribution in [-0.4, -0.2) is 24.5 Å². The minimum atomic E-state index is -3.42. The largest absolute Gasteiger partial charge is 0.270 e. The van der Waals surface area contributed by atoms with Gasteiger partial charge in [0.25, 0.3) is 10.1 Å². The lowest BCUT2D eigenvalue weighted by atomic mass is 10.2. The molecule has 3 nitrogen and oxygen atoms in total. The molecule has 0 aliphatic heterocycles. The molecule has 5 heteroatoms. The molecule has 0 radical (unpaired) electrons. The molecule has 17 heavy (non-hydrogen) atoms. The van der Waals surface area contributed by atoms with E-state index in [1.807, 2.05) is 55.4 Å². The second kappa shape index (κ2) is 5.54. The van der Waals surface area contributed by atoms with Crippen molar-refractivity contribution in [3.8, 4) is 0 Å². The fourth-order valence-electron chi connectivity index (χ4n) is 1.78. The van der Waals surface area contributed by atoms with Crippen molar-refractivity contribution in [2.75, 3.05) is 5.75 Å². The van der Waals surface area contributed by atoms with Gasteiger partial charge in [-0.3, -0.25) is 0 Å². The van der Waals surface area contributed by atoms with Gasteiger partial charge in [0.15, 0.2) is 0 Å². The van der Waals surface area contributed by atoms with Crippen molar-refractivity contribution in [3.05, 3.63) is 0 Å². The van der Waals surface area contributed by atoms with Gasteiger partial charge in [0.05, 0.1) is 13.9 Å². The number of hydrogen-bond acceptors (Lipinski definition) is 3. The Bertz CT molecular complexity index is 320. The van der Waals surface area contributed by atoms with Gasteiger partial charge < -0.3 is 0 Å². The van der Waals surface area contributed by atoms with Gasteiger partial charge in [0.2, 0.25) is 0 Å². The van der Waals surface area contributed by atoms with Crippen LogP contribution in [0.15, 0.2) is 0 Å². The van der Waals surface area contributed by atoms with Crippen LogP contribution < -0.4 is 0 Å². The molecule has 0 aromatic rings. The predicted molar refractivity (Wildman–Crippen MR) is 76.1 cm³/mol. The van der Waals surface area contributed by atoms with Gasteiger partial charge in [-0.05, 0) is 5.92 Å². The van der Waals surface area contributed by atoms with Crippen LogP contribution in [0, 0.1) is 5.92 Å². The maximum Gasteiger partial charge on any atom is 0.270 e. The van der Waals surface area contributed by atoms with E-state index in [0.29, 0.717) is 0 Å². The van der Waals surface area contributed by atoms with Crippen molar-refractivity contribution in [1.29, 1.82) is 0 Å². The monoisotopic (exact) mass is 282 g/mol. The van der Waals surface area contributed by atoms with Gasteiger partial charge >= 0.3 is 0 Å². The molecular formula is C12H27O3PS. The second-order valence-electron chi connectivity index (χ2n) is 6.83. The first-order valence-electron chi connectivity index (χ1n) is 5.98. The zero-order chi connectivity index (χ0) is 14.1. The summed E-state index contributed by atoms with van der Waals surface area (Å²) in [5.74, 6) is 0.189. The van der Waals surface area contributed by atoms with E-state index in [1.54, 1.807) is 0 Å². The Hall–Kier alpha value is 0.340. The van der Waals surface area contributed by atoms with E-state index < -0.39 is 18.3 Å². The molecule has 0 bridgehead atoms. The molecule has 0 unspecified atom stereocenters. The van der Waals surface area contributed by atoms with Gasteiger partial charge in [-0.25, -0.2) is 3.97 Å². The van der Waals surface area contributed by atoms with Crippen LogP contribution in [-0.2, 0) is 14.1 Å². The second-order valence-corrected chi connectivity index (χ2v) is 12.1. The van der Waals surface area contributed by atoms with Gasteiger partial charge in [0.1, 0.15) is 0 Å². The lowest BCUT2D eigenvalue weighted by molar-refractivity contribution is 0.474. The van der Waals surface area contributed by atoms with Crippen molar-refractivity contribution in [1.82, 2.24) is 0 Å². The summed E-state index contributed by atoms with van der Waals surface area (Å²) in [6.07, 6.45) is 0. The average Bonchev–Trinajstić information content (AvgIpc) is 1.93. The Balaban J connectivity index is 5.04. The van der Waals surface area contributed by atoms with Crippen LogP contribution in [0.3, 0.4) is 0 Å². The van der Waals surface area contributed by atoms with Gasteiger partial charge in [-0.2, -0.15) is 8.42 Å². The van der Waals surface area contributed by atoms with Crippen LogP contribution >= 0.6 is 8.15 Å². The summed E-state index contributed by atoms with van der Waals surface area (Å²) < 4.78 is 29.4. The normalized spacial score (nSPS) is 14.7. The summed E-state index contributed by atoms with van der Waals surface area (Å²) in [6.45, 7) is 16.0. The molecule has 0 aliphatic rings. The highest BCUT2D eigenvalue weighted by Gasteiger charge is 2.39. The molecular weight excluding hydrogens is 255 g/mol. The Kier molecular flexibility index (Phi) is 5.65. The Morgan fingerprint density at radius 3 is 1.59 bits per heavy atom. The molecule has 0 atom stereocenters. The van der Waals surface area contributed by atoms with Crippen molar-refractivity contribution in [2.24, 2.45) is 5.92 Å². The first-order chi connectivity index (χ1) is 7.26. The lowest BCUT2D eigenvalue weighted by Gasteiger charge is -2.39. The topological polar surface area (TPSA) is 43.4 Å². The Morgan fingerprint density at radius 2 is 1.35 bits per heavy atom. The number of hydrogen-bond donors (Lipinski definition) is 0. The van der Waals surface area contributed by atoms with E-state index in [9.17, 15) is 8.42 Å². The third kappa shape index (κ3) is 6.73. The maximum atomic E-state index is 11.9. The smallest absolute Gasteiger partial charge is 0.247 e.